The first-order valence-electron chi connectivity index (χ1n) is 13.5. The minimum atomic E-state index is -0.806. The van der Waals surface area contributed by atoms with Crippen molar-refractivity contribution in [2.75, 3.05) is 14.1 Å². The number of carbonyl (C=O) groups is 1. The van der Waals surface area contributed by atoms with Gasteiger partial charge < -0.3 is 4.90 Å². The third kappa shape index (κ3) is 4.26. The van der Waals surface area contributed by atoms with Crippen LogP contribution in [0.25, 0.3) is 22.3 Å². The molecule has 40 heavy (non-hydrogen) atoms. The van der Waals surface area contributed by atoms with Gasteiger partial charge in [0, 0.05) is 14.1 Å². The first-order valence-corrected chi connectivity index (χ1v) is 13.5. The van der Waals surface area contributed by atoms with E-state index in [2.05, 4.69) is 109 Å². The van der Waals surface area contributed by atoms with Crippen molar-refractivity contribution in [3.05, 3.63) is 168 Å². The van der Waals surface area contributed by atoms with E-state index in [1.807, 2.05) is 36.4 Å². The fourth-order valence-corrected chi connectivity index (χ4v) is 5.82. The van der Waals surface area contributed by atoms with E-state index >= 15 is 0 Å². The van der Waals surface area contributed by atoms with Crippen LogP contribution in [0.3, 0.4) is 0 Å². The van der Waals surface area contributed by atoms with E-state index < -0.39 is 5.41 Å². The van der Waals surface area contributed by atoms with E-state index in [-0.39, 0.29) is 6.03 Å². The Labute approximate surface area is 235 Å². The average Bonchev–Trinajstić information content (AvgIpc) is 3.31. The molecule has 3 nitrogen and oxygen atoms in total. The molecule has 2 amide bonds. The fraction of sp³-hybridized carbons (Fsp3) is 0.0811. The SMILES string of the molecule is CN(C)C(=O)/N=C1\C=CC=CC12C(c1ccccc1)=C(c1ccccc1)C(c1ccccc1)=C2c1ccccc1. The summed E-state index contributed by atoms with van der Waals surface area (Å²) in [5, 5.41) is 0. The van der Waals surface area contributed by atoms with Crippen LogP contribution in [0, 0.1) is 5.41 Å². The second-order valence-corrected chi connectivity index (χ2v) is 10.2. The lowest BCUT2D eigenvalue weighted by atomic mass is 9.66. The Morgan fingerprint density at radius 1 is 0.575 bits per heavy atom. The molecule has 0 aliphatic heterocycles. The van der Waals surface area contributed by atoms with Crippen molar-refractivity contribution in [3.8, 4) is 0 Å². The summed E-state index contributed by atoms with van der Waals surface area (Å²) < 4.78 is 0. The summed E-state index contributed by atoms with van der Waals surface area (Å²) in [5.41, 5.74) is 8.81. The highest BCUT2D eigenvalue weighted by Gasteiger charge is 2.50. The number of benzene rings is 4. The van der Waals surface area contributed by atoms with Gasteiger partial charge in [0.1, 0.15) is 0 Å². The molecule has 0 fully saturated rings. The Kier molecular flexibility index (Phi) is 6.71. The molecule has 0 saturated heterocycles. The van der Waals surface area contributed by atoms with Crippen molar-refractivity contribution >= 4 is 34.0 Å². The van der Waals surface area contributed by atoms with Gasteiger partial charge in [0.2, 0.25) is 0 Å². The van der Waals surface area contributed by atoms with Crippen molar-refractivity contribution in [3.63, 3.8) is 0 Å². The molecule has 3 heteroatoms. The monoisotopic (exact) mass is 518 g/mol. The molecule has 1 spiro atoms. The molecule has 6 rings (SSSR count). The number of hydrogen-bond acceptors (Lipinski definition) is 1. The zero-order valence-electron chi connectivity index (χ0n) is 22.7. The van der Waals surface area contributed by atoms with Crippen LogP contribution >= 0.6 is 0 Å². The smallest absolute Gasteiger partial charge is 0.329 e. The third-order valence-electron chi connectivity index (χ3n) is 7.50. The van der Waals surface area contributed by atoms with Gasteiger partial charge in [0.05, 0.1) is 11.1 Å². The maximum absolute atomic E-state index is 13.2. The molecule has 2 aliphatic rings. The van der Waals surface area contributed by atoms with E-state index in [0.29, 0.717) is 5.71 Å². The first-order chi connectivity index (χ1) is 19.6. The van der Waals surface area contributed by atoms with Gasteiger partial charge >= 0.3 is 6.03 Å². The number of urea groups is 1. The Balaban J connectivity index is 1.84. The Morgan fingerprint density at radius 3 is 1.38 bits per heavy atom. The Bertz CT molecular complexity index is 1590. The van der Waals surface area contributed by atoms with Gasteiger partial charge in [-0.25, -0.2) is 4.79 Å². The molecule has 0 aromatic heterocycles. The Hall–Kier alpha value is -5.02. The van der Waals surface area contributed by atoms with Crippen molar-refractivity contribution < 1.29 is 4.79 Å². The van der Waals surface area contributed by atoms with Crippen molar-refractivity contribution in [1.82, 2.24) is 4.90 Å². The van der Waals surface area contributed by atoms with Gasteiger partial charge in [0.25, 0.3) is 0 Å². The molecule has 4 aromatic rings. The molecule has 194 valence electrons. The lowest BCUT2D eigenvalue weighted by molar-refractivity contribution is 0.227. The summed E-state index contributed by atoms with van der Waals surface area (Å²) in [6.45, 7) is 0. The number of nitrogens with zero attached hydrogens (tertiary/aromatic N) is 2. The number of allylic oxidation sites excluding steroid dienone is 8. The summed E-state index contributed by atoms with van der Waals surface area (Å²) in [4.78, 5) is 19.5. The third-order valence-corrected chi connectivity index (χ3v) is 7.50. The summed E-state index contributed by atoms with van der Waals surface area (Å²) >= 11 is 0. The van der Waals surface area contributed by atoms with E-state index in [0.717, 1.165) is 44.5 Å². The number of amides is 2. The van der Waals surface area contributed by atoms with Gasteiger partial charge in [-0.3, -0.25) is 0 Å². The summed E-state index contributed by atoms with van der Waals surface area (Å²) in [7, 11) is 3.48. The van der Waals surface area contributed by atoms with Gasteiger partial charge in [-0.1, -0.05) is 140 Å². The molecule has 0 saturated carbocycles. The molecule has 2 aliphatic carbocycles. The highest BCUT2D eigenvalue weighted by Crippen LogP contribution is 2.63. The zero-order chi connectivity index (χ0) is 27.5. The normalized spacial score (nSPS) is 16.7. The quantitative estimate of drug-likeness (QED) is 0.267. The first kappa shape index (κ1) is 25.3. The van der Waals surface area contributed by atoms with E-state index in [9.17, 15) is 4.79 Å². The molecule has 0 atom stereocenters. The van der Waals surface area contributed by atoms with Crippen molar-refractivity contribution in [2.24, 2.45) is 10.4 Å². The van der Waals surface area contributed by atoms with Crippen molar-refractivity contribution in [2.45, 2.75) is 0 Å². The second kappa shape index (κ2) is 10.6. The largest absolute Gasteiger partial charge is 0.343 e. The predicted octanol–water partition coefficient (Wildman–Crippen LogP) is 8.46. The molecule has 0 N–H and O–H groups in total. The lowest BCUT2D eigenvalue weighted by Crippen LogP contribution is -2.33. The highest BCUT2D eigenvalue weighted by atomic mass is 16.2. The number of carbonyl (C=O) groups excluding carboxylic acids is 1. The molecular weight excluding hydrogens is 488 g/mol. The van der Waals surface area contributed by atoms with Crippen LogP contribution in [0.4, 0.5) is 4.79 Å². The van der Waals surface area contributed by atoms with Gasteiger partial charge in [-0.05, 0) is 50.6 Å². The van der Waals surface area contributed by atoms with Crippen LogP contribution in [-0.4, -0.2) is 30.7 Å². The fourth-order valence-electron chi connectivity index (χ4n) is 5.82. The van der Waals surface area contributed by atoms with Gasteiger partial charge in [-0.2, -0.15) is 4.99 Å². The maximum Gasteiger partial charge on any atom is 0.343 e. The summed E-state index contributed by atoms with van der Waals surface area (Å²) in [6.07, 6.45) is 8.27. The summed E-state index contributed by atoms with van der Waals surface area (Å²) in [6, 6.07) is 41.9. The molecule has 0 heterocycles. The van der Waals surface area contributed by atoms with Gasteiger partial charge in [0.15, 0.2) is 0 Å². The molecule has 0 radical (unpaired) electrons. The van der Waals surface area contributed by atoms with Crippen LogP contribution in [0.15, 0.2) is 151 Å². The number of rotatable bonds is 4. The Morgan fingerprint density at radius 2 is 0.975 bits per heavy atom. The minimum Gasteiger partial charge on any atom is -0.329 e. The van der Waals surface area contributed by atoms with Crippen LogP contribution in [-0.2, 0) is 0 Å². The van der Waals surface area contributed by atoms with E-state index in [1.165, 1.54) is 4.90 Å². The molecular formula is C37H30N2O. The topological polar surface area (TPSA) is 32.7 Å². The van der Waals surface area contributed by atoms with Crippen LogP contribution in [0.2, 0.25) is 0 Å². The summed E-state index contributed by atoms with van der Waals surface area (Å²) in [5.74, 6) is 0. The van der Waals surface area contributed by atoms with Crippen LogP contribution in [0.5, 0.6) is 0 Å². The minimum absolute atomic E-state index is 0.288. The molecule has 0 bridgehead atoms. The van der Waals surface area contributed by atoms with Gasteiger partial charge in [-0.15, -0.1) is 0 Å². The van der Waals surface area contributed by atoms with E-state index in [4.69, 9.17) is 4.99 Å². The molecule has 0 unspecified atom stereocenters. The second-order valence-electron chi connectivity index (χ2n) is 10.2. The zero-order valence-corrected chi connectivity index (χ0v) is 22.7. The molecule has 4 aromatic carbocycles. The van der Waals surface area contributed by atoms with Crippen LogP contribution in [0.1, 0.15) is 22.3 Å². The van der Waals surface area contributed by atoms with E-state index in [1.54, 1.807) is 14.1 Å². The highest BCUT2D eigenvalue weighted by molar-refractivity contribution is 6.38. The maximum atomic E-state index is 13.2. The van der Waals surface area contributed by atoms with Crippen LogP contribution < -0.4 is 0 Å². The lowest BCUT2D eigenvalue weighted by Gasteiger charge is -2.36. The standard InChI is InChI=1S/C37H30N2O/c1-39(2)36(40)38-31-25-15-16-26-37(31)34(29-21-11-5-12-22-29)32(27-17-7-3-8-18-27)33(28-19-9-4-10-20-28)35(37)30-23-13-6-14-24-30/h3-26H,1-2H3/b38-31+. The number of hydrogen-bond donors (Lipinski definition) is 0. The average molecular weight is 519 g/mol. The number of aliphatic imine (C=N–C) groups is 1. The predicted molar refractivity (Wildman–Crippen MR) is 167 cm³/mol. The van der Waals surface area contributed by atoms with Crippen molar-refractivity contribution in [1.29, 1.82) is 0 Å².